The van der Waals surface area contributed by atoms with Gasteiger partial charge in [0.25, 0.3) is 0 Å². The predicted molar refractivity (Wildman–Crippen MR) is 96.7 cm³/mol. The number of rotatable bonds is 6. The van der Waals surface area contributed by atoms with Crippen molar-refractivity contribution >= 4 is 0 Å². The zero-order chi connectivity index (χ0) is 18.6. The Hall–Kier alpha value is -1.91. The molecule has 1 aromatic carbocycles. The summed E-state index contributed by atoms with van der Waals surface area (Å²) in [6.45, 7) is 2.22. The van der Waals surface area contributed by atoms with Gasteiger partial charge in [0.15, 0.2) is 5.82 Å². The van der Waals surface area contributed by atoms with Gasteiger partial charge < -0.3 is 0 Å². The summed E-state index contributed by atoms with van der Waals surface area (Å²) < 4.78 is 38.1. The summed E-state index contributed by atoms with van der Waals surface area (Å²) in [6, 6.07) is 5.07. The van der Waals surface area contributed by atoms with Gasteiger partial charge >= 0.3 is 6.18 Å². The Bertz CT molecular complexity index is 723. The lowest BCUT2D eigenvalue weighted by atomic mass is 9.84. The molecule has 2 aromatic rings. The Morgan fingerprint density at radius 2 is 1.85 bits per heavy atom. The summed E-state index contributed by atoms with van der Waals surface area (Å²) in [7, 11) is 0. The summed E-state index contributed by atoms with van der Waals surface area (Å²) in [6.07, 6.45) is 7.08. The van der Waals surface area contributed by atoms with Crippen LogP contribution in [0.2, 0.25) is 0 Å². The molecule has 0 fully saturated rings. The number of hydrogen-bond donors (Lipinski definition) is 0. The highest BCUT2D eigenvalue weighted by Gasteiger charge is 2.30. The number of fused-ring (bicyclic) bond motifs is 1. The number of nitrogens with zero attached hydrogens (tertiary/aromatic N) is 2. The molecular weight excluding hydrogens is 337 g/mol. The van der Waals surface area contributed by atoms with Crippen molar-refractivity contribution in [3.63, 3.8) is 0 Å². The van der Waals surface area contributed by atoms with Crippen LogP contribution >= 0.6 is 0 Å². The van der Waals surface area contributed by atoms with Gasteiger partial charge in [-0.3, -0.25) is 0 Å². The van der Waals surface area contributed by atoms with Crippen molar-refractivity contribution in [1.29, 1.82) is 0 Å². The minimum atomic E-state index is -4.32. The highest BCUT2D eigenvalue weighted by atomic mass is 19.4. The summed E-state index contributed by atoms with van der Waals surface area (Å²) in [5, 5.41) is 0. The maximum Gasteiger partial charge on any atom is 0.416 e. The summed E-state index contributed by atoms with van der Waals surface area (Å²) in [4.78, 5) is 9.03. The molecule has 1 atom stereocenters. The number of aromatic nitrogens is 2. The largest absolute Gasteiger partial charge is 0.416 e. The molecule has 1 aromatic heterocycles. The number of hydrogen-bond acceptors (Lipinski definition) is 2. The van der Waals surface area contributed by atoms with E-state index in [1.54, 1.807) is 0 Å². The van der Waals surface area contributed by atoms with Crippen LogP contribution in [0.3, 0.4) is 0 Å². The Labute approximate surface area is 152 Å². The van der Waals surface area contributed by atoms with Crippen LogP contribution in [0.1, 0.15) is 62.3 Å². The molecule has 0 radical (unpaired) electrons. The first-order valence-electron chi connectivity index (χ1n) is 9.49. The van der Waals surface area contributed by atoms with Crippen molar-refractivity contribution in [2.45, 2.75) is 64.5 Å². The van der Waals surface area contributed by atoms with Gasteiger partial charge in [0.1, 0.15) is 0 Å². The Balaban J connectivity index is 1.67. The van der Waals surface area contributed by atoms with Gasteiger partial charge in [0, 0.05) is 17.5 Å². The SMILES string of the molecule is CCCCCCC1CCc2nc(-c3ccc(C(F)(F)F)cc3)ncc2C1. The van der Waals surface area contributed by atoms with Crippen molar-refractivity contribution in [2.24, 2.45) is 5.92 Å². The minimum Gasteiger partial charge on any atom is -0.236 e. The lowest BCUT2D eigenvalue weighted by Crippen LogP contribution is -2.16. The first-order valence-corrected chi connectivity index (χ1v) is 9.49. The van der Waals surface area contributed by atoms with E-state index in [4.69, 9.17) is 0 Å². The minimum absolute atomic E-state index is 0.513. The third-order valence-corrected chi connectivity index (χ3v) is 5.19. The molecule has 5 heteroatoms. The second-order valence-corrected chi connectivity index (χ2v) is 7.20. The summed E-state index contributed by atoms with van der Waals surface area (Å²) in [5.41, 5.74) is 2.24. The van der Waals surface area contributed by atoms with E-state index >= 15 is 0 Å². The zero-order valence-corrected chi connectivity index (χ0v) is 15.1. The number of alkyl halides is 3. The second kappa shape index (κ2) is 8.19. The van der Waals surface area contributed by atoms with Gasteiger partial charge in [-0.25, -0.2) is 9.97 Å². The maximum absolute atomic E-state index is 12.7. The van der Waals surface area contributed by atoms with E-state index in [1.807, 2.05) is 6.20 Å². The molecule has 3 rings (SSSR count). The molecule has 0 N–H and O–H groups in total. The van der Waals surface area contributed by atoms with E-state index in [2.05, 4.69) is 16.9 Å². The number of benzene rings is 1. The van der Waals surface area contributed by atoms with E-state index in [-0.39, 0.29) is 0 Å². The van der Waals surface area contributed by atoms with Crippen LogP contribution < -0.4 is 0 Å². The average molecular weight is 362 g/mol. The van der Waals surface area contributed by atoms with E-state index in [0.29, 0.717) is 17.3 Å². The molecule has 0 aliphatic heterocycles. The molecule has 0 saturated carbocycles. The summed E-state index contributed by atoms with van der Waals surface area (Å²) >= 11 is 0. The first kappa shape index (κ1) is 18.9. The zero-order valence-electron chi connectivity index (χ0n) is 15.1. The molecule has 0 amide bonds. The van der Waals surface area contributed by atoms with Crippen molar-refractivity contribution in [1.82, 2.24) is 9.97 Å². The first-order chi connectivity index (χ1) is 12.5. The van der Waals surface area contributed by atoms with Gasteiger partial charge in [-0.2, -0.15) is 13.2 Å². The van der Waals surface area contributed by atoms with Crippen molar-refractivity contribution in [3.8, 4) is 11.4 Å². The van der Waals surface area contributed by atoms with Crippen LogP contribution in [0.5, 0.6) is 0 Å². The van der Waals surface area contributed by atoms with Crippen molar-refractivity contribution in [3.05, 3.63) is 47.3 Å². The van der Waals surface area contributed by atoms with Gasteiger partial charge in [-0.05, 0) is 42.9 Å². The molecule has 0 spiro atoms. The highest BCUT2D eigenvalue weighted by Crippen LogP contribution is 2.32. The standard InChI is InChI=1S/C21H25F3N2/c1-2-3-4-5-6-15-7-12-19-17(13-15)14-25-20(26-19)16-8-10-18(11-9-16)21(22,23)24/h8-11,14-15H,2-7,12-13H2,1H3. The maximum atomic E-state index is 12.7. The molecule has 1 heterocycles. The van der Waals surface area contributed by atoms with Gasteiger partial charge in [0.05, 0.1) is 5.56 Å². The van der Waals surface area contributed by atoms with Crippen molar-refractivity contribution in [2.75, 3.05) is 0 Å². The number of halogens is 3. The van der Waals surface area contributed by atoms with Gasteiger partial charge in [0.2, 0.25) is 0 Å². The van der Waals surface area contributed by atoms with Gasteiger partial charge in [-0.15, -0.1) is 0 Å². The topological polar surface area (TPSA) is 25.8 Å². The predicted octanol–water partition coefficient (Wildman–Crippen LogP) is 6.24. The monoisotopic (exact) mass is 362 g/mol. The van der Waals surface area contributed by atoms with Crippen molar-refractivity contribution < 1.29 is 13.2 Å². The van der Waals surface area contributed by atoms with Crippen LogP contribution in [-0.4, -0.2) is 9.97 Å². The van der Waals surface area contributed by atoms with Gasteiger partial charge in [-0.1, -0.05) is 51.2 Å². The quantitative estimate of drug-likeness (QED) is 0.569. The lowest BCUT2D eigenvalue weighted by Gasteiger charge is -2.24. The third kappa shape index (κ3) is 4.63. The molecular formula is C21H25F3N2. The van der Waals surface area contributed by atoms with E-state index in [1.165, 1.54) is 49.8 Å². The van der Waals surface area contributed by atoms with E-state index in [9.17, 15) is 13.2 Å². The normalized spacial score (nSPS) is 17.2. The summed E-state index contributed by atoms with van der Waals surface area (Å²) in [5.74, 6) is 1.22. The molecule has 2 nitrogen and oxygen atoms in total. The third-order valence-electron chi connectivity index (χ3n) is 5.19. The molecule has 140 valence electrons. The second-order valence-electron chi connectivity index (χ2n) is 7.20. The molecule has 0 saturated heterocycles. The van der Waals surface area contributed by atoms with Crippen LogP contribution in [0.4, 0.5) is 13.2 Å². The molecule has 1 unspecified atom stereocenters. The molecule has 1 aliphatic rings. The fourth-order valence-corrected chi connectivity index (χ4v) is 3.64. The highest BCUT2D eigenvalue weighted by molar-refractivity contribution is 5.56. The molecule has 26 heavy (non-hydrogen) atoms. The van der Waals surface area contributed by atoms with Crippen LogP contribution in [0.25, 0.3) is 11.4 Å². The molecule has 0 bridgehead atoms. The number of aryl methyl sites for hydroxylation is 1. The Morgan fingerprint density at radius 1 is 1.08 bits per heavy atom. The Morgan fingerprint density at radius 3 is 2.54 bits per heavy atom. The van der Waals surface area contributed by atoms with E-state index < -0.39 is 11.7 Å². The van der Waals surface area contributed by atoms with Crippen LogP contribution in [0.15, 0.2) is 30.5 Å². The van der Waals surface area contributed by atoms with Crippen LogP contribution in [-0.2, 0) is 19.0 Å². The Kier molecular flexibility index (Phi) is 5.94. The smallest absolute Gasteiger partial charge is 0.236 e. The van der Waals surface area contributed by atoms with E-state index in [0.717, 1.165) is 37.1 Å². The molecule has 1 aliphatic carbocycles. The fraction of sp³-hybridized carbons (Fsp3) is 0.524. The lowest BCUT2D eigenvalue weighted by molar-refractivity contribution is -0.137. The average Bonchev–Trinajstić information content (AvgIpc) is 2.64. The fourth-order valence-electron chi connectivity index (χ4n) is 3.64. The number of unbranched alkanes of at least 4 members (excludes halogenated alkanes) is 3. The van der Waals surface area contributed by atoms with Crippen LogP contribution in [0, 0.1) is 5.92 Å².